The second-order valence-corrected chi connectivity index (χ2v) is 8.54. The Bertz CT molecular complexity index is 831. The first-order valence-corrected chi connectivity index (χ1v) is 10.2. The fourth-order valence-electron chi connectivity index (χ4n) is 3.31. The van der Waals surface area contributed by atoms with E-state index in [0.29, 0.717) is 25.9 Å². The van der Waals surface area contributed by atoms with Gasteiger partial charge in [0.25, 0.3) is 5.91 Å². The van der Waals surface area contributed by atoms with E-state index in [0.717, 1.165) is 16.4 Å². The third-order valence-electron chi connectivity index (χ3n) is 4.95. The van der Waals surface area contributed by atoms with Gasteiger partial charge in [0.15, 0.2) is 0 Å². The highest BCUT2D eigenvalue weighted by Gasteiger charge is 2.31. The van der Waals surface area contributed by atoms with Crippen molar-refractivity contribution in [3.05, 3.63) is 29.6 Å². The van der Waals surface area contributed by atoms with Crippen LogP contribution in [0.25, 0.3) is 0 Å². The number of halogens is 1. The normalized spacial score (nSPS) is 19.8. The van der Waals surface area contributed by atoms with Crippen molar-refractivity contribution in [2.24, 2.45) is 11.7 Å². The highest BCUT2D eigenvalue weighted by molar-refractivity contribution is 7.89. The van der Waals surface area contributed by atoms with E-state index in [1.165, 1.54) is 11.0 Å². The molecule has 1 aromatic carbocycles. The number of carbonyl (C=O) groups is 2. The highest BCUT2D eigenvalue weighted by atomic mass is 32.2. The maximum absolute atomic E-state index is 14.3. The monoisotopic (exact) mass is 399 g/mol. The molecule has 0 atom stereocenters. The van der Waals surface area contributed by atoms with Gasteiger partial charge in [0.05, 0.1) is 13.2 Å². The summed E-state index contributed by atoms with van der Waals surface area (Å²) < 4.78 is 46.0. The zero-order valence-electron chi connectivity index (χ0n) is 14.8. The molecule has 0 aliphatic carbocycles. The van der Waals surface area contributed by atoms with Crippen molar-refractivity contribution < 1.29 is 27.1 Å². The van der Waals surface area contributed by atoms with E-state index in [4.69, 9.17) is 10.5 Å². The number of nitrogens with two attached hydrogens (primary N) is 1. The Morgan fingerprint density at radius 3 is 2.33 bits per heavy atom. The SMILES string of the molecule is NC(=O)C1CCN(C(=O)c2ccc(F)c(S(=O)(=O)N3CCOCC3)c2)CC1. The van der Waals surface area contributed by atoms with Gasteiger partial charge in [-0.2, -0.15) is 4.31 Å². The topological polar surface area (TPSA) is 110 Å². The number of hydrogen-bond acceptors (Lipinski definition) is 5. The van der Waals surface area contributed by atoms with Gasteiger partial charge in [0, 0.05) is 37.7 Å². The maximum atomic E-state index is 14.3. The number of nitrogens with zero attached hydrogens (tertiary/aromatic N) is 2. The van der Waals surface area contributed by atoms with Crippen LogP contribution in [-0.2, 0) is 19.6 Å². The highest BCUT2D eigenvalue weighted by Crippen LogP contribution is 2.24. The third kappa shape index (κ3) is 4.12. The summed E-state index contributed by atoms with van der Waals surface area (Å²) in [4.78, 5) is 25.0. The molecule has 0 saturated carbocycles. The Balaban J connectivity index is 1.81. The van der Waals surface area contributed by atoms with Gasteiger partial charge in [0.1, 0.15) is 10.7 Å². The minimum atomic E-state index is -4.05. The van der Waals surface area contributed by atoms with Crippen LogP contribution in [0.15, 0.2) is 23.1 Å². The van der Waals surface area contributed by atoms with Crippen molar-refractivity contribution in [1.29, 1.82) is 0 Å². The molecule has 0 spiro atoms. The number of likely N-dealkylation sites (tertiary alicyclic amines) is 1. The molecule has 2 heterocycles. The van der Waals surface area contributed by atoms with Crippen LogP contribution < -0.4 is 5.73 Å². The lowest BCUT2D eigenvalue weighted by molar-refractivity contribution is -0.123. The van der Waals surface area contributed by atoms with Crippen LogP contribution in [-0.4, -0.2) is 68.8 Å². The molecule has 2 saturated heterocycles. The van der Waals surface area contributed by atoms with Crippen LogP contribution in [0.1, 0.15) is 23.2 Å². The van der Waals surface area contributed by atoms with Crippen molar-refractivity contribution >= 4 is 21.8 Å². The van der Waals surface area contributed by atoms with E-state index in [-0.39, 0.29) is 43.7 Å². The predicted octanol–water partition coefficient (Wildman–Crippen LogP) is 0.184. The first kappa shape index (κ1) is 19.7. The summed E-state index contributed by atoms with van der Waals surface area (Å²) in [6.07, 6.45) is 0.919. The van der Waals surface area contributed by atoms with Gasteiger partial charge < -0.3 is 15.4 Å². The fourth-order valence-corrected chi connectivity index (χ4v) is 4.81. The Hall–Kier alpha value is -2.04. The number of piperidine rings is 1. The van der Waals surface area contributed by atoms with E-state index < -0.39 is 26.6 Å². The number of carbonyl (C=O) groups excluding carboxylic acids is 2. The quantitative estimate of drug-likeness (QED) is 0.777. The molecule has 2 aliphatic heterocycles. The van der Waals surface area contributed by atoms with Crippen LogP contribution in [0.3, 0.4) is 0 Å². The Labute approximate surface area is 157 Å². The molecule has 8 nitrogen and oxygen atoms in total. The molecule has 0 bridgehead atoms. The Morgan fingerprint density at radius 2 is 1.74 bits per heavy atom. The largest absolute Gasteiger partial charge is 0.379 e. The number of rotatable bonds is 4. The lowest BCUT2D eigenvalue weighted by Crippen LogP contribution is -2.42. The molecule has 3 rings (SSSR count). The molecule has 0 unspecified atom stereocenters. The lowest BCUT2D eigenvalue weighted by atomic mass is 9.96. The molecule has 0 aromatic heterocycles. The lowest BCUT2D eigenvalue weighted by Gasteiger charge is -2.31. The smallest absolute Gasteiger partial charge is 0.253 e. The number of hydrogen-bond donors (Lipinski definition) is 1. The minimum Gasteiger partial charge on any atom is -0.379 e. The maximum Gasteiger partial charge on any atom is 0.253 e. The average molecular weight is 399 g/mol. The number of morpholine rings is 1. The van der Waals surface area contributed by atoms with E-state index in [2.05, 4.69) is 0 Å². The number of primary amides is 1. The fraction of sp³-hybridized carbons (Fsp3) is 0.529. The number of benzene rings is 1. The van der Waals surface area contributed by atoms with Gasteiger partial charge >= 0.3 is 0 Å². The van der Waals surface area contributed by atoms with Crippen molar-refractivity contribution in [2.45, 2.75) is 17.7 Å². The zero-order valence-corrected chi connectivity index (χ0v) is 15.6. The predicted molar refractivity (Wildman–Crippen MR) is 93.8 cm³/mol. The van der Waals surface area contributed by atoms with E-state index >= 15 is 0 Å². The second-order valence-electron chi connectivity index (χ2n) is 6.63. The van der Waals surface area contributed by atoms with Crippen molar-refractivity contribution in [3.8, 4) is 0 Å². The summed E-state index contributed by atoms with van der Waals surface area (Å²) in [6, 6.07) is 3.36. The number of ether oxygens (including phenoxy) is 1. The van der Waals surface area contributed by atoms with Gasteiger partial charge in [-0.25, -0.2) is 12.8 Å². The first-order chi connectivity index (χ1) is 12.8. The third-order valence-corrected chi connectivity index (χ3v) is 6.86. The molecule has 0 radical (unpaired) electrons. The van der Waals surface area contributed by atoms with E-state index in [9.17, 15) is 22.4 Å². The second kappa shape index (κ2) is 7.91. The standard InChI is InChI=1S/C17H22FN3O5S/c18-14-2-1-13(17(23)20-5-3-12(4-6-20)16(19)22)11-15(14)27(24,25)21-7-9-26-10-8-21/h1-2,11-12H,3-10H2,(H2,19,22). The first-order valence-electron chi connectivity index (χ1n) is 8.77. The summed E-state index contributed by atoms with van der Waals surface area (Å²) in [5, 5.41) is 0. The molecule has 2 N–H and O–H groups in total. The van der Waals surface area contributed by atoms with Gasteiger partial charge in [-0.1, -0.05) is 0 Å². The van der Waals surface area contributed by atoms with Gasteiger partial charge in [-0.3, -0.25) is 9.59 Å². The van der Waals surface area contributed by atoms with Crippen LogP contribution in [0.2, 0.25) is 0 Å². The van der Waals surface area contributed by atoms with Gasteiger partial charge in [-0.05, 0) is 31.0 Å². The summed E-state index contributed by atoms with van der Waals surface area (Å²) in [5.41, 5.74) is 5.39. The zero-order chi connectivity index (χ0) is 19.6. The molecule has 2 aliphatic rings. The van der Waals surface area contributed by atoms with Gasteiger partial charge in [-0.15, -0.1) is 0 Å². The van der Waals surface area contributed by atoms with Crippen LogP contribution >= 0.6 is 0 Å². The molecule has 1 aromatic rings. The van der Waals surface area contributed by atoms with Crippen molar-refractivity contribution in [3.63, 3.8) is 0 Å². The Morgan fingerprint density at radius 1 is 1.11 bits per heavy atom. The average Bonchev–Trinajstić information content (AvgIpc) is 2.68. The van der Waals surface area contributed by atoms with Gasteiger partial charge in [0.2, 0.25) is 15.9 Å². The number of amides is 2. The molecule has 2 fully saturated rings. The van der Waals surface area contributed by atoms with Crippen LogP contribution in [0.5, 0.6) is 0 Å². The van der Waals surface area contributed by atoms with Crippen molar-refractivity contribution in [2.75, 3.05) is 39.4 Å². The molecule has 148 valence electrons. The van der Waals surface area contributed by atoms with Crippen LogP contribution in [0.4, 0.5) is 4.39 Å². The minimum absolute atomic E-state index is 0.0979. The Kier molecular flexibility index (Phi) is 5.78. The molecule has 27 heavy (non-hydrogen) atoms. The van der Waals surface area contributed by atoms with E-state index in [1.807, 2.05) is 0 Å². The van der Waals surface area contributed by atoms with Crippen LogP contribution in [0, 0.1) is 11.7 Å². The molecule has 2 amide bonds. The summed E-state index contributed by atoms with van der Waals surface area (Å²) in [7, 11) is -4.05. The molecular formula is C17H22FN3O5S. The van der Waals surface area contributed by atoms with Crippen molar-refractivity contribution in [1.82, 2.24) is 9.21 Å². The summed E-state index contributed by atoms with van der Waals surface area (Å²) in [5.74, 6) is -1.94. The molecular weight excluding hydrogens is 377 g/mol. The summed E-state index contributed by atoms with van der Waals surface area (Å²) >= 11 is 0. The molecule has 10 heteroatoms. The summed E-state index contributed by atoms with van der Waals surface area (Å²) in [6.45, 7) is 1.45. The van der Waals surface area contributed by atoms with E-state index in [1.54, 1.807) is 0 Å². The number of sulfonamides is 1.